The molecule has 1 fully saturated rings. The lowest BCUT2D eigenvalue weighted by Crippen LogP contribution is -3.14. The maximum Gasteiger partial charge on any atom is 0.119 e. The summed E-state index contributed by atoms with van der Waals surface area (Å²) < 4.78 is 11.5. The maximum absolute atomic E-state index is 5.77. The number of benzene rings is 1. The Bertz CT molecular complexity index is 449. The highest BCUT2D eigenvalue weighted by Gasteiger charge is 2.24. The van der Waals surface area contributed by atoms with Crippen molar-refractivity contribution in [3.8, 4) is 5.75 Å². The van der Waals surface area contributed by atoms with E-state index in [9.17, 15) is 0 Å². The van der Waals surface area contributed by atoms with E-state index in [2.05, 4.69) is 52.0 Å². The van der Waals surface area contributed by atoms with E-state index >= 15 is 0 Å². The Kier molecular flexibility index (Phi) is 8.07. The molecule has 136 valence electrons. The SMILES string of the molecule is CC[C@H](C)c1ccc(OCCOCC[NH+]2C[C@H](C)C[C@H](C)C2)cc1. The lowest BCUT2D eigenvalue weighted by Gasteiger charge is -2.31. The van der Waals surface area contributed by atoms with Gasteiger partial charge in [-0.25, -0.2) is 0 Å². The number of likely N-dealkylation sites (tertiary alicyclic amines) is 1. The summed E-state index contributed by atoms with van der Waals surface area (Å²) in [4.78, 5) is 1.70. The highest BCUT2D eigenvalue weighted by molar-refractivity contribution is 5.29. The molecule has 1 aliphatic heterocycles. The first-order chi connectivity index (χ1) is 11.6. The van der Waals surface area contributed by atoms with Crippen molar-refractivity contribution in [2.75, 3.05) is 39.5 Å². The number of quaternary nitrogens is 1. The molecule has 2 rings (SSSR count). The first kappa shape index (κ1) is 19.3. The van der Waals surface area contributed by atoms with Crippen LogP contribution in [0.1, 0.15) is 52.0 Å². The van der Waals surface area contributed by atoms with Crippen LogP contribution in [0, 0.1) is 11.8 Å². The van der Waals surface area contributed by atoms with Crippen LogP contribution in [-0.4, -0.2) is 39.5 Å². The summed E-state index contributed by atoms with van der Waals surface area (Å²) >= 11 is 0. The van der Waals surface area contributed by atoms with E-state index in [4.69, 9.17) is 9.47 Å². The molecule has 1 aliphatic rings. The summed E-state index contributed by atoms with van der Waals surface area (Å²) in [6, 6.07) is 8.49. The molecule has 0 amide bonds. The molecule has 1 heterocycles. The van der Waals surface area contributed by atoms with Gasteiger partial charge in [-0.1, -0.05) is 39.8 Å². The molecular formula is C21H36NO2+. The van der Waals surface area contributed by atoms with Gasteiger partial charge in [-0.2, -0.15) is 0 Å². The van der Waals surface area contributed by atoms with Crippen LogP contribution < -0.4 is 9.64 Å². The van der Waals surface area contributed by atoms with Gasteiger partial charge in [0.1, 0.15) is 18.9 Å². The van der Waals surface area contributed by atoms with Gasteiger partial charge in [-0.15, -0.1) is 0 Å². The molecule has 1 aromatic carbocycles. The Morgan fingerprint density at radius 2 is 1.71 bits per heavy atom. The zero-order valence-electron chi connectivity index (χ0n) is 16.0. The molecular weight excluding hydrogens is 298 g/mol. The van der Waals surface area contributed by atoms with Gasteiger partial charge in [0, 0.05) is 11.8 Å². The molecule has 0 saturated carbocycles. The van der Waals surface area contributed by atoms with Crippen LogP contribution in [-0.2, 0) is 4.74 Å². The zero-order chi connectivity index (χ0) is 17.4. The van der Waals surface area contributed by atoms with Crippen molar-refractivity contribution in [3.05, 3.63) is 29.8 Å². The van der Waals surface area contributed by atoms with Crippen LogP contribution in [0.5, 0.6) is 5.75 Å². The second-order valence-corrected chi connectivity index (χ2v) is 7.69. The average molecular weight is 335 g/mol. The van der Waals surface area contributed by atoms with Gasteiger partial charge in [-0.05, 0) is 36.5 Å². The van der Waals surface area contributed by atoms with Gasteiger partial charge in [-0.3, -0.25) is 0 Å². The second kappa shape index (κ2) is 10.0. The maximum atomic E-state index is 5.77. The van der Waals surface area contributed by atoms with Crippen molar-refractivity contribution in [2.45, 2.75) is 46.5 Å². The third kappa shape index (κ3) is 6.45. The number of ether oxygens (including phenoxy) is 2. The zero-order valence-corrected chi connectivity index (χ0v) is 16.0. The summed E-state index contributed by atoms with van der Waals surface area (Å²) in [7, 11) is 0. The molecule has 3 nitrogen and oxygen atoms in total. The largest absolute Gasteiger partial charge is 0.491 e. The first-order valence-electron chi connectivity index (χ1n) is 9.72. The van der Waals surface area contributed by atoms with Gasteiger partial charge >= 0.3 is 0 Å². The molecule has 1 unspecified atom stereocenters. The quantitative estimate of drug-likeness (QED) is 0.701. The molecule has 0 radical (unpaired) electrons. The monoisotopic (exact) mass is 334 g/mol. The minimum absolute atomic E-state index is 0.616. The molecule has 1 saturated heterocycles. The van der Waals surface area contributed by atoms with Crippen molar-refractivity contribution < 1.29 is 14.4 Å². The number of rotatable bonds is 9. The Balaban J connectivity index is 1.56. The fourth-order valence-electron chi connectivity index (χ4n) is 3.79. The van der Waals surface area contributed by atoms with Gasteiger partial charge in [0.15, 0.2) is 0 Å². The fourth-order valence-corrected chi connectivity index (χ4v) is 3.79. The fraction of sp³-hybridized carbons (Fsp3) is 0.714. The van der Waals surface area contributed by atoms with Crippen molar-refractivity contribution in [2.24, 2.45) is 11.8 Å². The van der Waals surface area contributed by atoms with Crippen LogP contribution in [0.15, 0.2) is 24.3 Å². The van der Waals surface area contributed by atoms with Gasteiger partial charge in [0.25, 0.3) is 0 Å². The van der Waals surface area contributed by atoms with Crippen LogP contribution in [0.2, 0.25) is 0 Å². The number of hydrogen-bond donors (Lipinski definition) is 1. The Morgan fingerprint density at radius 1 is 1.04 bits per heavy atom. The predicted octanol–water partition coefficient (Wildman–Crippen LogP) is 3.16. The lowest BCUT2D eigenvalue weighted by atomic mass is 9.92. The minimum Gasteiger partial charge on any atom is -0.491 e. The van der Waals surface area contributed by atoms with Crippen LogP contribution in [0.4, 0.5) is 0 Å². The average Bonchev–Trinajstić information content (AvgIpc) is 2.57. The summed E-state index contributed by atoms with van der Waals surface area (Å²) in [5.41, 5.74) is 1.38. The van der Waals surface area contributed by atoms with Crippen LogP contribution in [0.3, 0.4) is 0 Å². The van der Waals surface area contributed by atoms with Crippen molar-refractivity contribution in [1.29, 1.82) is 0 Å². The standard InChI is InChI=1S/C21H35NO2/c1-5-19(4)20-6-8-21(9-7-20)24-13-12-23-11-10-22-15-17(2)14-18(3)16-22/h6-9,17-19H,5,10-16H2,1-4H3/p+1/t17-,18+,19-/m0/s1. The summed E-state index contributed by atoms with van der Waals surface area (Å²) in [6.07, 6.45) is 2.55. The highest BCUT2D eigenvalue weighted by atomic mass is 16.5. The summed E-state index contributed by atoms with van der Waals surface area (Å²) in [6.45, 7) is 15.1. The van der Waals surface area contributed by atoms with E-state index in [1.807, 2.05) is 0 Å². The van der Waals surface area contributed by atoms with E-state index in [0.717, 1.165) is 30.7 Å². The topological polar surface area (TPSA) is 22.9 Å². The Morgan fingerprint density at radius 3 is 2.33 bits per heavy atom. The van der Waals surface area contributed by atoms with Crippen molar-refractivity contribution >= 4 is 0 Å². The molecule has 0 bridgehead atoms. The van der Waals surface area contributed by atoms with E-state index < -0.39 is 0 Å². The smallest absolute Gasteiger partial charge is 0.119 e. The highest BCUT2D eigenvalue weighted by Crippen LogP contribution is 2.21. The molecule has 1 aromatic rings. The molecule has 0 aliphatic carbocycles. The van der Waals surface area contributed by atoms with E-state index in [0.29, 0.717) is 19.1 Å². The van der Waals surface area contributed by atoms with Gasteiger partial charge in [0.2, 0.25) is 0 Å². The Hall–Kier alpha value is -1.06. The predicted molar refractivity (Wildman–Crippen MR) is 100.0 cm³/mol. The van der Waals surface area contributed by atoms with Crippen molar-refractivity contribution in [1.82, 2.24) is 0 Å². The number of piperidine rings is 1. The third-order valence-corrected chi connectivity index (χ3v) is 5.24. The summed E-state index contributed by atoms with van der Waals surface area (Å²) in [5, 5.41) is 0. The molecule has 1 N–H and O–H groups in total. The van der Waals surface area contributed by atoms with E-state index in [1.54, 1.807) is 4.90 Å². The number of nitrogens with one attached hydrogen (secondary N) is 1. The van der Waals surface area contributed by atoms with Gasteiger partial charge < -0.3 is 14.4 Å². The molecule has 0 spiro atoms. The second-order valence-electron chi connectivity index (χ2n) is 7.69. The van der Waals surface area contributed by atoms with E-state index in [1.165, 1.54) is 31.5 Å². The first-order valence-corrected chi connectivity index (χ1v) is 9.72. The summed E-state index contributed by atoms with van der Waals surface area (Å²) in [5.74, 6) is 3.26. The molecule has 0 aromatic heterocycles. The molecule has 3 heteroatoms. The van der Waals surface area contributed by atoms with E-state index in [-0.39, 0.29) is 0 Å². The third-order valence-electron chi connectivity index (χ3n) is 5.24. The Labute approximate surface area is 148 Å². The molecule has 24 heavy (non-hydrogen) atoms. The number of hydrogen-bond acceptors (Lipinski definition) is 2. The normalized spacial score (nSPS) is 25.4. The van der Waals surface area contributed by atoms with Crippen LogP contribution >= 0.6 is 0 Å². The van der Waals surface area contributed by atoms with Crippen LogP contribution in [0.25, 0.3) is 0 Å². The van der Waals surface area contributed by atoms with Crippen molar-refractivity contribution in [3.63, 3.8) is 0 Å². The lowest BCUT2D eigenvalue weighted by molar-refractivity contribution is -0.912. The minimum atomic E-state index is 0.616. The van der Waals surface area contributed by atoms with Gasteiger partial charge in [0.05, 0.1) is 26.3 Å². The molecule has 4 atom stereocenters.